The van der Waals surface area contributed by atoms with Crippen molar-refractivity contribution in [2.24, 2.45) is 5.92 Å². The molecule has 2 heterocycles. The number of likely N-dealkylation sites (tertiary alicyclic amines) is 1. The summed E-state index contributed by atoms with van der Waals surface area (Å²) in [5.41, 5.74) is 0. The third-order valence-corrected chi connectivity index (χ3v) is 7.20. The predicted octanol–water partition coefficient (Wildman–Crippen LogP) is 1.16. The van der Waals surface area contributed by atoms with E-state index < -0.39 is 14.6 Å². The van der Waals surface area contributed by atoms with Gasteiger partial charge in [0.15, 0.2) is 14.6 Å². The number of aromatic nitrogens is 2. The molecular formula is C15H23N3O3S. The summed E-state index contributed by atoms with van der Waals surface area (Å²) in [6.07, 6.45) is 9.28. The van der Waals surface area contributed by atoms with Crippen LogP contribution in [0.3, 0.4) is 0 Å². The van der Waals surface area contributed by atoms with Crippen LogP contribution in [0.25, 0.3) is 0 Å². The number of amides is 1. The predicted molar refractivity (Wildman–Crippen MR) is 83.0 cm³/mol. The number of hydrogen-bond donors (Lipinski definition) is 1. The third kappa shape index (κ3) is 2.66. The van der Waals surface area contributed by atoms with Gasteiger partial charge in [0.05, 0.1) is 0 Å². The molecule has 1 amide bonds. The standard InChI is InChI=1S/C15H23N3O3S/c1-22(20,21)15(5-2-6-15)14(19)18-9-3-12(4-10-18)11-13-16-7-8-17-13/h7-8,12H,2-6,9-11H2,1H3,(H,16,17). The van der Waals surface area contributed by atoms with Crippen molar-refractivity contribution in [2.45, 2.75) is 43.3 Å². The first kappa shape index (κ1) is 15.5. The number of piperidine rings is 1. The maximum absolute atomic E-state index is 12.7. The molecular weight excluding hydrogens is 302 g/mol. The van der Waals surface area contributed by atoms with E-state index in [0.29, 0.717) is 31.8 Å². The minimum absolute atomic E-state index is 0.169. The van der Waals surface area contributed by atoms with Crippen molar-refractivity contribution < 1.29 is 13.2 Å². The second kappa shape index (κ2) is 5.68. The van der Waals surface area contributed by atoms with Crippen molar-refractivity contribution in [1.82, 2.24) is 14.9 Å². The number of H-pyrrole nitrogens is 1. The fraction of sp³-hybridized carbons (Fsp3) is 0.733. The van der Waals surface area contributed by atoms with Crippen LogP contribution in [0.2, 0.25) is 0 Å². The van der Waals surface area contributed by atoms with Gasteiger partial charge in [-0.15, -0.1) is 0 Å². The summed E-state index contributed by atoms with van der Waals surface area (Å²) in [6, 6.07) is 0. The first-order chi connectivity index (χ1) is 10.4. The van der Waals surface area contributed by atoms with E-state index in [1.54, 1.807) is 11.1 Å². The Morgan fingerprint density at radius 2 is 2.09 bits per heavy atom. The minimum atomic E-state index is -3.34. The Hall–Kier alpha value is -1.37. The van der Waals surface area contributed by atoms with Gasteiger partial charge in [0.1, 0.15) is 5.82 Å². The zero-order valence-electron chi connectivity index (χ0n) is 12.9. The second-order valence-electron chi connectivity index (χ2n) is 6.60. The van der Waals surface area contributed by atoms with E-state index in [1.807, 2.05) is 6.20 Å². The molecule has 2 fully saturated rings. The monoisotopic (exact) mass is 325 g/mol. The molecule has 3 rings (SSSR count). The summed E-state index contributed by atoms with van der Waals surface area (Å²) in [5, 5.41) is 0. The van der Waals surface area contributed by atoms with Crippen LogP contribution in [0.5, 0.6) is 0 Å². The van der Waals surface area contributed by atoms with E-state index >= 15 is 0 Å². The average molecular weight is 325 g/mol. The lowest BCUT2D eigenvalue weighted by molar-refractivity contribution is -0.137. The average Bonchev–Trinajstić information content (AvgIpc) is 2.89. The maximum atomic E-state index is 12.7. The first-order valence-electron chi connectivity index (χ1n) is 7.90. The van der Waals surface area contributed by atoms with E-state index in [4.69, 9.17) is 0 Å². The molecule has 0 atom stereocenters. The van der Waals surface area contributed by atoms with Crippen LogP contribution in [0.15, 0.2) is 12.4 Å². The van der Waals surface area contributed by atoms with Crippen molar-refractivity contribution in [1.29, 1.82) is 0 Å². The summed E-state index contributed by atoms with van der Waals surface area (Å²) in [4.78, 5) is 21.8. The van der Waals surface area contributed by atoms with E-state index in [9.17, 15) is 13.2 Å². The molecule has 7 heteroatoms. The number of carbonyl (C=O) groups excluding carboxylic acids is 1. The smallest absolute Gasteiger partial charge is 0.244 e. The van der Waals surface area contributed by atoms with Crippen LogP contribution >= 0.6 is 0 Å². The Labute approximate surface area is 131 Å². The van der Waals surface area contributed by atoms with E-state index in [1.165, 1.54) is 6.26 Å². The van der Waals surface area contributed by atoms with Crippen LogP contribution in [0, 0.1) is 5.92 Å². The molecule has 1 saturated carbocycles. The van der Waals surface area contributed by atoms with Gasteiger partial charge in [-0.2, -0.15) is 0 Å². The third-order valence-electron chi connectivity index (χ3n) is 5.20. The molecule has 122 valence electrons. The molecule has 1 aromatic heterocycles. The van der Waals surface area contributed by atoms with Gasteiger partial charge in [0, 0.05) is 38.2 Å². The highest BCUT2D eigenvalue weighted by atomic mass is 32.2. The van der Waals surface area contributed by atoms with E-state index in [-0.39, 0.29) is 5.91 Å². The van der Waals surface area contributed by atoms with Crippen LogP contribution in [0.1, 0.15) is 37.9 Å². The van der Waals surface area contributed by atoms with Gasteiger partial charge >= 0.3 is 0 Å². The number of aromatic amines is 1. The summed E-state index contributed by atoms with van der Waals surface area (Å²) in [5.74, 6) is 1.32. The number of sulfone groups is 1. The van der Waals surface area contributed by atoms with Gasteiger partial charge in [-0.3, -0.25) is 4.79 Å². The Morgan fingerprint density at radius 3 is 2.55 bits per heavy atom. The van der Waals surface area contributed by atoms with Crippen molar-refractivity contribution in [3.63, 3.8) is 0 Å². The van der Waals surface area contributed by atoms with Crippen LogP contribution in [-0.4, -0.2) is 53.3 Å². The molecule has 0 bridgehead atoms. The highest BCUT2D eigenvalue weighted by Crippen LogP contribution is 2.41. The largest absolute Gasteiger partial charge is 0.349 e. The summed E-state index contributed by atoms with van der Waals surface area (Å²) in [7, 11) is -3.34. The molecule has 6 nitrogen and oxygen atoms in total. The van der Waals surface area contributed by atoms with E-state index in [0.717, 1.165) is 31.5 Å². The normalized spacial score (nSPS) is 22.3. The second-order valence-corrected chi connectivity index (χ2v) is 8.92. The number of rotatable bonds is 4. The van der Waals surface area contributed by atoms with Crippen LogP contribution < -0.4 is 0 Å². The van der Waals surface area contributed by atoms with Crippen LogP contribution in [0.4, 0.5) is 0 Å². The van der Waals surface area contributed by atoms with Crippen molar-refractivity contribution in [2.75, 3.05) is 19.3 Å². The molecule has 1 aliphatic carbocycles. The lowest BCUT2D eigenvalue weighted by atomic mass is 9.82. The summed E-state index contributed by atoms with van der Waals surface area (Å²) >= 11 is 0. The highest BCUT2D eigenvalue weighted by Gasteiger charge is 2.54. The quantitative estimate of drug-likeness (QED) is 0.900. The molecule has 0 aromatic carbocycles. The molecule has 1 aliphatic heterocycles. The molecule has 0 radical (unpaired) electrons. The number of imidazole rings is 1. The molecule has 2 aliphatic rings. The van der Waals surface area contributed by atoms with Crippen molar-refractivity contribution in [3.8, 4) is 0 Å². The number of carbonyl (C=O) groups is 1. The molecule has 1 aromatic rings. The zero-order chi connectivity index (χ0) is 15.8. The maximum Gasteiger partial charge on any atom is 0.244 e. The van der Waals surface area contributed by atoms with E-state index in [2.05, 4.69) is 9.97 Å². The fourth-order valence-electron chi connectivity index (χ4n) is 3.55. The van der Waals surface area contributed by atoms with Crippen molar-refractivity contribution >= 4 is 15.7 Å². The fourth-order valence-corrected chi connectivity index (χ4v) is 5.03. The number of nitrogens with one attached hydrogen (secondary N) is 1. The summed E-state index contributed by atoms with van der Waals surface area (Å²) < 4.78 is 22.9. The Morgan fingerprint density at radius 1 is 1.41 bits per heavy atom. The zero-order valence-corrected chi connectivity index (χ0v) is 13.7. The molecule has 1 N–H and O–H groups in total. The first-order valence-corrected chi connectivity index (χ1v) is 9.79. The highest BCUT2D eigenvalue weighted by molar-refractivity contribution is 7.93. The number of nitrogens with zero attached hydrogens (tertiary/aromatic N) is 2. The SMILES string of the molecule is CS(=O)(=O)C1(C(=O)N2CCC(Cc3ncc[nH]3)CC2)CCC1. The topological polar surface area (TPSA) is 83.1 Å². The Balaban J connectivity index is 1.60. The van der Waals surface area contributed by atoms with Gasteiger partial charge < -0.3 is 9.88 Å². The number of hydrogen-bond acceptors (Lipinski definition) is 4. The molecule has 0 unspecified atom stereocenters. The Bertz CT molecular complexity index is 627. The molecule has 0 spiro atoms. The Kier molecular flexibility index (Phi) is 4.01. The minimum Gasteiger partial charge on any atom is -0.349 e. The molecule has 1 saturated heterocycles. The lowest BCUT2D eigenvalue weighted by Crippen LogP contribution is -2.59. The van der Waals surface area contributed by atoms with Crippen molar-refractivity contribution in [3.05, 3.63) is 18.2 Å². The van der Waals surface area contributed by atoms with Gasteiger partial charge in [-0.1, -0.05) is 0 Å². The van der Waals surface area contributed by atoms with Gasteiger partial charge in [-0.25, -0.2) is 13.4 Å². The molecule has 22 heavy (non-hydrogen) atoms. The van der Waals surface area contributed by atoms with Gasteiger partial charge in [0.2, 0.25) is 5.91 Å². The van der Waals surface area contributed by atoms with Gasteiger partial charge in [0.25, 0.3) is 0 Å². The lowest BCUT2D eigenvalue weighted by Gasteiger charge is -2.43. The summed E-state index contributed by atoms with van der Waals surface area (Å²) in [6.45, 7) is 1.31. The van der Waals surface area contributed by atoms with Gasteiger partial charge in [-0.05, 0) is 38.0 Å². The van der Waals surface area contributed by atoms with Crippen LogP contribution in [-0.2, 0) is 21.1 Å².